The molecule has 6 heteroatoms. The van der Waals surface area contributed by atoms with Gasteiger partial charge in [0, 0.05) is 17.4 Å². The average molecular weight is 392 g/mol. The lowest BCUT2D eigenvalue weighted by molar-refractivity contribution is -0.116. The van der Waals surface area contributed by atoms with Crippen molar-refractivity contribution in [1.29, 1.82) is 0 Å². The highest BCUT2D eigenvalue weighted by atomic mass is 32.1. The minimum Gasteiger partial charge on any atom is -0.438 e. The number of carbonyl (C=O) groups is 1. The average Bonchev–Trinajstić information content (AvgIpc) is 3.13. The molecule has 0 unspecified atom stereocenters. The number of halogens is 1. The lowest BCUT2D eigenvalue weighted by Crippen LogP contribution is -1.94. The normalized spacial score (nSPS) is 10.9. The highest BCUT2D eigenvalue weighted by Gasteiger charge is 2.15. The van der Waals surface area contributed by atoms with Crippen LogP contribution >= 0.6 is 11.3 Å². The van der Waals surface area contributed by atoms with Crippen molar-refractivity contribution in [2.24, 2.45) is 0 Å². The molecule has 28 heavy (non-hydrogen) atoms. The van der Waals surface area contributed by atoms with E-state index in [1.54, 1.807) is 19.1 Å². The minimum atomic E-state index is -0.277. The van der Waals surface area contributed by atoms with Crippen LogP contribution in [0.2, 0.25) is 0 Å². The zero-order chi connectivity index (χ0) is 19.5. The summed E-state index contributed by atoms with van der Waals surface area (Å²) >= 11 is 1.49. The third kappa shape index (κ3) is 3.92. The molecule has 0 bridgehead atoms. The molecule has 4 nitrogen and oxygen atoms in total. The second-order valence-electron chi connectivity index (χ2n) is 6.46. The number of aromatic nitrogens is 2. The number of ether oxygens (including phenoxy) is 1. The Kier molecular flexibility index (Phi) is 5.12. The van der Waals surface area contributed by atoms with Gasteiger partial charge in [0.1, 0.15) is 28.5 Å². The summed E-state index contributed by atoms with van der Waals surface area (Å²) in [5, 5.41) is 2.78. The Labute approximate surface area is 165 Å². The number of Topliss-reactive ketones (excluding diaryl/α,β-unsaturated/α-hetero) is 1. The molecule has 0 saturated carbocycles. The van der Waals surface area contributed by atoms with Crippen molar-refractivity contribution in [3.05, 3.63) is 71.6 Å². The van der Waals surface area contributed by atoms with Crippen molar-refractivity contribution in [2.45, 2.75) is 19.8 Å². The van der Waals surface area contributed by atoms with Crippen LogP contribution in [0.15, 0.2) is 60.2 Å². The number of fused-ring (bicyclic) bond motifs is 1. The van der Waals surface area contributed by atoms with Crippen molar-refractivity contribution >= 4 is 27.3 Å². The van der Waals surface area contributed by atoms with Gasteiger partial charge in [-0.05, 0) is 48.7 Å². The Balaban J connectivity index is 1.64. The van der Waals surface area contributed by atoms with Crippen LogP contribution in [0.5, 0.6) is 11.6 Å². The number of rotatable bonds is 6. The first-order valence-corrected chi connectivity index (χ1v) is 9.72. The van der Waals surface area contributed by atoms with E-state index in [9.17, 15) is 9.18 Å². The predicted molar refractivity (Wildman–Crippen MR) is 108 cm³/mol. The second kappa shape index (κ2) is 7.86. The van der Waals surface area contributed by atoms with E-state index >= 15 is 0 Å². The Bertz CT molecular complexity index is 1120. The van der Waals surface area contributed by atoms with Gasteiger partial charge >= 0.3 is 0 Å². The predicted octanol–water partition coefficient (Wildman–Crippen LogP) is 5.81. The Morgan fingerprint density at radius 1 is 1.07 bits per heavy atom. The van der Waals surface area contributed by atoms with Crippen molar-refractivity contribution in [1.82, 2.24) is 9.97 Å². The number of nitrogens with zero attached hydrogens (tertiary/aromatic N) is 2. The summed E-state index contributed by atoms with van der Waals surface area (Å²) < 4.78 is 19.3. The molecule has 0 saturated heterocycles. The molecule has 2 heterocycles. The fraction of sp³-hybridized carbons (Fsp3) is 0.136. The summed E-state index contributed by atoms with van der Waals surface area (Å²) in [6.07, 6.45) is 2.72. The number of benzene rings is 2. The maximum absolute atomic E-state index is 13.3. The van der Waals surface area contributed by atoms with E-state index in [4.69, 9.17) is 4.74 Å². The van der Waals surface area contributed by atoms with Crippen LogP contribution in [0.1, 0.15) is 18.9 Å². The minimum absolute atomic E-state index is 0.175. The molecule has 0 aliphatic rings. The van der Waals surface area contributed by atoms with Gasteiger partial charge in [-0.1, -0.05) is 24.3 Å². The van der Waals surface area contributed by atoms with Gasteiger partial charge < -0.3 is 9.53 Å². The molecule has 4 aromatic rings. The van der Waals surface area contributed by atoms with Crippen LogP contribution in [0, 0.1) is 5.82 Å². The van der Waals surface area contributed by atoms with Gasteiger partial charge in [-0.25, -0.2) is 14.4 Å². The van der Waals surface area contributed by atoms with E-state index < -0.39 is 0 Å². The smallest absolute Gasteiger partial charge is 0.231 e. The number of ketones is 1. The third-order valence-electron chi connectivity index (χ3n) is 4.39. The highest BCUT2D eigenvalue weighted by molar-refractivity contribution is 7.17. The molecule has 0 amide bonds. The van der Waals surface area contributed by atoms with Gasteiger partial charge in [-0.15, -0.1) is 11.3 Å². The van der Waals surface area contributed by atoms with Crippen LogP contribution in [-0.2, 0) is 11.2 Å². The molecule has 140 valence electrons. The number of carbonyl (C=O) groups excluding carboxylic acids is 1. The fourth-order valence-corrected chi connectivity index (χ4v) is 3.83. The number of hydrogen-bond acceptors (Lipinski definition) is 5. The first-order chi connectivity index (χ1) is 13.6. The molecule has 0 atom stereocenters. The lowest BCUT2D eigenvalue weighted by Gasteiger charge is -2.08. The van der Waals surface area contributed by atoms with E-state index in [0.717, 1.165) is 26.9 Å². The summed E-state index contributed by atoms with van der Waals surface area (Å²) in [4.78, 5) is 20.6. The van der Waals surface area contributed by atoms with Crippen LogP contribution in [-0.4, -0.2) is 15.8 Å². The summed E-state index contributed by atoms with van der Waals surface area (Å²) in [5.41, 5.74) is 2.87. The standard InChI is InChI=1S/C22H17FN2O2S/c1-14(26)2-3-15-4-10-18(11-5-15)27-21-20-19(12-28-22(20)25-13-24-21)16-6-8-17(23)9-7-16/h4-13H,2-3H2,1H3. The Morgan fingerprint density at radius 3 is 2.54 bits per heavy atom. The zero-order valence-corrected chi connectivity index (χ0v) is 16.0. The van der Waals surface area contributed by atoms with Crippen LogP contribution in [0.4, 0.5) is 4.39 Å². The van der Waals surface area contributed by atoms with Gasteiger partial charge in [-0.2, -0.15) is 0 Å². The summed E-state index contributed by atoms with van der Waals surface area (Å²) in [7, 11) is 0. The van der Waals surface area contributed by atoms with Crippen molar-refractivity contribution in [3.8, 4) is 22.8 Å². The van der Waals surface area contributed by atoms with E-state index in [1.807, 2.05) is 29.6 Å². The van der Waals surface area contributed by atoms with Gasteiger partial charge in [0.15, 0.2) is 0 Å². The van der Waals surface area contributed by atoms with Crippen molar-refractivity contribution in [2.75, 3.05) is 0 Å². The van der Waals surface area contributed by atoms with E-state index in [-0.39, 0.29) is 11.6 Å². The van der Waals surface area contributed by atoms with E-state index in [1.165, 1.54) is 29.8 Å². The molecule has 0 spiro atoms. The lowest BCUT2D eigenvalue weighted by atomic mass is 10.1. The number of aryl methyl sites for hydroxylation is 1. The molecule has 2 aromatic heterocycles. The maximum atomic E-state index is 13.3. The number of thiophene rings is 1. The van der Waals surface area contributed by atoms with Crippen LogP contribution < -0.4 is 4.74 Å². The Morgan fingerprint density at radius 2 is 1.82 bits per heavy atom. The summed E-state index contributed by atoms with van der Waals surface area (Å²) in [6, 6.07) is 14.0. The molecule has 0 radical (unpaired) electrons. The molecule has 0 fully saturated rings. The molecular formula is C22H17FN2O2S. The summed E-state index contributed by atoms with van der Waals surface area (Å²) in [5.74, 6) is 1.01. The quantitative estimate of drug-likeness (QED) is 0.415. The first kappa shape index (κ1) is 18.3. The van der Waals surface area contributed by atoms with Gasteiger partial charge in [0.25, 0.3) is 0 Å². The first-order valence-electron chi connectivity index (χ1n) is 8.84. The molecular weight excluding hydrogens is 375 g/mol. The van der Waals surface area contributed by atoms with Crippen LogP contribution in [0.25, 0.3) is 21.3 Å². The Hall–Kier alpha value is -3.12. The fourth-order valence-electron chi connectivity index (χ4n) is 2.92. The summed E-state index contributed by atoms with van der Waals surface area (Å²) in [6.45, 7) is 1.59. The maximum Gasteiger partial charge on any atom is 0.231 e. The van der Waals surface area contributed by atoms with Gasteiger partial charge in [-0.3, -0.25) is 0 Å². The molecule has 2 aromatic carbocycles. The van der Waals surface area contributed by atoms with Crippen molar-refractivity contribution in [3.63, 3.8) is 0 Å². The highest BCUT2D eigenvalue weighted by Crippen LogP contribution is 2.39. The van der Waals surface area contributed by atoms with E-state index in [0.29, 0.717) is 24.5 Å². The van der Waals surface area contributed by atoms with Gasteiger partial charge in [0.2, 0.25) is 5.88 Å². The molecule has 0 aliphatic carbocycles. The SMILES string of the molecule is CC(=O)CCc1ccc(Oc2ncnc3scc(-c4ccc(F)cc4)c23)cc1. The second-order valence-corrected chi connectivity index (χ2v) is 7.32. The van der Waals surface area contributed by atoms with Gasteiger partial charge in [0.05, 0.1) is 5.39 Å². The van der Waals surface area contributed by atoms with Crippen molar-refractivity contribution < 1.29 is 13.9 Å². The zero-order valence-electron chi connectivity index (χ0n) is 15.2. The van der Waals surface area contributed by atoms with Crippen LogP contribution in [0.3, 0.4) is 0 Å². The molecule has 4 rings (SSSR count). The topological polar surface area (TPSA) is 52.1 Å². The monoisotopic (exact) mass is 392 g/mol. The largest absolute Gasteiger partial charge is 0.438 e. The number of hydrogen-bond donors (Lipinski definition) is 0. The molecule has 0 aliphatic heterocycles. The third-order valence-corrected chi connectivity index (χ3v) is 5.28. The molecule has 0 N–H and O–H groups in total. The van der Waals surface area contributed by atoms with E-state index in [2.05, 4.69) is 9.97 Å².